The van der Waals surface area contributed by atoms with E-state index in [0.29, 0.717) is 5.41 Å². The average Bonchev–Trinajstić information content (AvgIpc) is 2.50. The highest BCUT2D eigenvalue weighted by molar-refractivity contribution is 5.36. The lowest BCUT2D eigenvalue weighted by Gasteiger charge is -2.33. The summed E-state index contributed by atoms with van der Waals surface area (Å²) < 4.78 is 0. The fourth-order valence-corrected chi connectivity index (χ4v) is 2.00. The summed E-state index contributed by atoms with van der Waals surface area (Å²) in [5.74, 6) is 0.728. The molecule has 0 radical (unpaired) electrons. The van der Waals surface area contributed by atoms with E-state index in [2.05, 4.69) is 46.8 Å². The van der Waals surface area contributed by atoms with Gasteiger partial charge in [0.2, 0.25) is 0 Å². The van der Waals surface area contributed by atoms with Gasteiger partial charge in [-0.15, -0.1) is 0 Å². The van der Waals surface area contributed by atoms with E-state index in [1.807, 2.05) is 0 Å². The minimum absolute atomic E-state index is 0.387. The van der Waals surface area contributed by atoms with Gasteiger partial charge in [-0.1, -0.05) is 45.4 Å². The molecule has 0 aromatic rings. The highest BCUT2D eigenvalue weighted by atomic mass is 14.3. The highest BCUT2D eigenvalue weighted by Gasteiger charge is 2.30. The Morgan fingerprint density at radius 2 is 2.08 bits per heavy atom. The Balaban J connectivity index is 2.90. The van der Waals surface area contributed by atoms with E-state index in [0.717, 1.165) is 12.3 Å². The average molecular weight is 178 g/mol. The first kappa shape index (κ1) is 10.6. The Morgan fingerprint density at radius 3 is 2.38 bits per heavy atom. The summed E-state index contributed by atoms with van der Waals surface area (Å²) in [5.41, 5.74) is 3.45. The van der Waals surface area contributed by atoms with Crippen LogP contribution >= 0.6 is 0 Å². The minimum Gasteiger partial charge on any atom is -0.0767 e. The lowest BCUT2D eigenvalue weighted by molar-refractivity contribution is 0.272. The third-order valence-corrected chi connectivity index (χ3v) is 3.71. The molecule has 0 heterocycles. The topological polar surface area (TPSA) is 0 Å². The Kier molecular flexibility index (Phi) is 3.00. The largest absolute Gasteiger partial charge is 0.0767 e. The summed E-state index contributed by atoms with van der Waals surface area (Å²) in [6.07, 6.45) is 7.18. The van der Waals surface area contributed by atoms with Gasteiger partial charge >= 0.3 is 0 Å². The van der Waals surface area contributed by atoms with Gasteiger partial charge in [-0.3, -0.25) is 0 Å². The van der Waals surface area contributed by atoms with Crippen LogP contribution < -0.4 is 0 Å². The van der Waals surface area contributed by atoms with Crippen LogP contribution in [0, 0.1) is 11.3 Å². The molecular weight excluding hydrogens is 156 g/mol. The molecule has 0 saturated heterocycles. The maximum Gasteiger partial charge on any atom is -0.00579 e. The second-order valence-electron chi connectivity index (χ2n) is 4.78. The summed E-state index contributed by atoms with van der Waals surface area (Å²) in [4.78, 5) is 0. The third-order valence-electron chi connectivity index (χ3n) is 3.71. The van der Waals surface area contributed by atoms with Crippen LogP contribution in [0.5, 0.6) is 0 Å². The Bertz CT molecular complexity index is 243. The van der Waals surface area contributed by atoms with Crippen molar-refractivity contribution >= 4 is 0 Å². The zero-order valence-corrected chi connectivity index (χ0v) is 9.65. The van der Waals surface area contributed by atoms with Gasteiger partial charge in [0.15, 0.2) is 0 Å². The summed E-state index contributed by atoms with van der Waals surface area (Å²) in [7, 11) is 0. The quantitative estimate of drug-likeness (QED) is 0.603. The van der Waals surface area contributed by atoms with Crippen molar-refractivity contribution in [3.8, 4) is 0 Å². The molecule has 0 aliphatic heterocycles. The molecule has 74 valence electrons. The fourth-order valence-electron chi connectivity index (χ4n) is 2.00. The molecule has 0 N–H and O–H groups in total. The molecule has 0 spiro atoms. The zero-order chi connectivity index (χ0) is 10.1. The summed E-state index contributed by atoms with van der Waals surface area (Å²) in [6, 6.07) is 0. The molecule has 1 atom stereocenters. The molecular formula is C13H22. The molecule has 1 aliphatic rings. The standard InChI is InChI=1S/C13H22/c1-6-13(5,10(2)3)12-8-7-11(4)9-12/h8-10H,6-7H2,1-5H3. The van der Waals surface area contributed by atoms with Crippen molar-refractivity contribution in [3.63, 3.8) is 0 Å². The molecule has 1 aliphatic carbocycles. The van der Waals surface area contributed by atoms with E-state index in [1.165, 1.54) is 12.0 Å². The lowest BCUT2D eigenvalue weighted by Crippen LogP contribution is -2.23. The van der Waals surface area contributed by atoms with E-state index in [1.54, 1.807) is 5.57 Å². The monoisotopic (exact) mass is 178 g/mol. The molecule has 0 saturated carbocycles. The van der Waals surface area contributed by atoms with Gasteiger partial charge < -0.3 is 0 Å². The van der Waals surface area contributed by atoms with Gasteiger partial charge in [-0.05, 0) is 36.7 Å². The Labute approximate surface area is 82.7 Å². The number of allylic oxidation sites excluding steroid dienone is 4. The van der Waals surface area contributed by atoms with Crippen LogP contribution in [0.2, 0.25) is 0 Å². The zero-order valence-electron chi connectivity index (χ0n) is 9.65. The van der Waals surface area contributed by atoms with Crippen molar-refractivity contribution in [1.29, 1.82) is 0 Å². The van der Waals surface area contributed by atoms with Crippen LogP contribution in [-0.2, 0) is 0 Å². The van der Waals surface area contributed by atoms with Crippen molar-refractivity contribution in [2.24, 2.45) is 11.3 Å². The van der Waals surface area contributed by atoms with E-state index in [-0.39, 0.29) is 0 Å². The van der Waals surface area contributed by atoms with Gasteiger partial charge in [-0.2, -0.15) is 0 Å². The van der Waals surface area contributed by atoms with Gasteiger partial charge in [-0.25, -0.2) is 0 Å². The predicted octanol–water partition coefficient (Wildman–Crippen LogP) is 4.34. The van der Waals surface area contributed by atoms with Gasteiger partial charge in [0.1, 0.15) is 0 Å². The van der Waals surface area contributed by atoms with Gasteiger partial charge in [0.05, 0.1) is 0 Å². The second kappa shape index (κ2) is 3.69. The number of hydrogen-bond acceptors (Lipinski definition) is 0. The molecule has 1 unspecified atom stereocenters. The van der Waals surface area contributed by atoms with E-state index in [4.69, 9.17) is 0 Å². The molecule has 0 nitrogen and oxygen atoms in total. The molecule has 13 heavy (non-hydrogen) atoms. The van der Waals surface area contributed by atoms with E-state index >= 15 is 0 Å². The van der Waals surface area contributed by atoms with Gasteiger partial charge in [0, 0.05) is 0 Å². The maximum absolute atomic E-state index is 2.40. The fraction of sp³-hybridized carbons (Fsp3) is 0.692. The first-order chi connectivity index (χ1) is 6.00. The normalized spacial score (nSPS) is 21.4. The van der Waals surface area contributed by atoms with E-state index in [9.17, 15) is 0 Å². The lowest BCUT2D eigenvalue weighted by atomic mass is 9.71. The molecule has 0 heteroatoms. The van der Waals surface area contributed by atoms with Gasteiger partial charge in [0.25, 0.3) is 0 Å². The van der Waals surface area contributed by atoms with Crippen LogP contribution in [-0.4, -0.2) is 0 Å². The SMILES string of the molecule is CCC(C)(C1=CCC(C)=C1)C(C)C. The van der Waals surface area contributed by atoms with Crippen molar-refractivity contribution in [2.75, 3.05) is 0 Å². The smallest absolute Gasteiger partial charge is 0.00579 e. The highest BCUT2D eigenvalue weighted by Crippen LogP contribution is 2.42. The van der Waals surface area contributed by atoms with Crippen LogP contribution in [0.3, 0.4) is 0 Å². The maximum atomic E-state index is 2.40. The van der Waals surface area contributed by atoms with Crippen LogP contribution in [0.25, 0.3) is 0 Å². The Hall–Kier alpha value is -0.520. The summed E-state index contributed by atoms with van der Waals surface area (Å²) in [6.45, 7) is 11.6. The molecule has 1 rings (SSSR count). The van der Waals surface area contributed by atoms with Crippen molar-refractivity contribution in [2.45, 2.75) is 47.5 Å². The molecule has 0 bridgehead atoms. The van der Waals surface area contributed by atoms with Crippen molar-refractivity contribution < 1.29 is 0 Å². The van der Waals surface area contributed by atoms with E-state index < -0.39 is 0 Å². The third kappa shape index (κ3) is 1.87. The predicted molar refractivity (Wildman–Crippen MR) is 59.7 cm³/mol. The summed E-state index contributed by atoms with van der Waals surface area (Å²) in [5, 5.41) is 0. The molecule has 0 aromatic carbocycles. The minimum atomic E-state index is 0.387. The molecule has 0 aromatic heterocycles. The first-order valence-corrected chi connectivity index (χ1v) is 5.38. The summed E-state index contributed by atoms with van der Waals surface area (Å²) >= 11 is 0. The van der Waals surface area contributed by atoms with Crippen LogP contribution in [0.15, 0.2) is 23.3 Å². The number of hydrogen-bond donors (Lipinski definition) is 0. The first-order valence-electron chi connectivity index (χ1n) is 5.38. The van der Waals surface area contributed by atoms with Crippen LogP contribution in [0.1, 0.15) is 47.5 Å². The van der Waals surface area contributed by atoms with Crippen molar-refractivity contribution in [3.05, 3.63) is 23.3 Å². The number of rotatable bonds is 3. The Morgan fingerprint density at radius 1 is 1.46 bits per heavy atom. The molecule has 0 fully saturated rings. The van der Waals surface area contributed by atoms with Crippen LogP contribution in [0.4, 0.5) is 0 Å². The second-order valence-corrected chi connectivity index (χ2v) is 4.78. The molecule has 0 amide bonds. The van der Waals surface area contributed by atoms with Crippen molar-refractivity contribution in [1.82, 2.24) is 0 Å².